The van der Waals surface area contributed by atoms with Crippen LogP contribution in [0.2, 0.25) is 0 Å². The lowest BCUT2D eigenvalue weighted by Gasteiger charge is -1.97. The van der Waals surface area contributed by atoms with Crippen molar-refractivity contribution < 1.29 is 4.79 Å². The molecule has 0 spiro atoms. The molecule has 21 heavy (non-hydrogen) atoms. The number of rotatable bonds is 3. The molecule has 0 bridgehead atoms. The van der Waals surface area contributed by atoms with E-state index in [0.717, 1.165) is 16.5 Å². The largest absolute Gasteiger partial charge is 0.360 e. The minimum absolute atomic E-state index is 0.0191. The predicted molar refractivity (Wildman–Crippen MR) is 87.6 cm³/mol. The molecule has 1 N–H and O–H groups in total. The van der Waals surface area contributed by atoms with Crippen LogP contribution < -0.4 is 0 Å². The molecule has 0 radical (unpaired) electrons. The smallest absolute Gasteiger partial charge is 0.187 e. The van der Waals surface area contributed by atoms with Crippen LogP contribution in [0.5, 0.6) is 0 Å². The van der Waals surface area contributed by atoms with Gasteiger partial charge in [0, 0.05) is 22.7 Å². The third-order valence-electron chi connectivity index (χ3n) is 3.61. The number of benzene rings is 2. The molecular weight excluding hydrogens is 258 g/mol. The van der Waals surface area contributed by atoms with Gasteiger partial charge in [-0.2, -0.15) is 0 Å². The molecule has 0 atom stereocenters. The minimum atomic E-state index is 0.0191. The summed E-state index contributed by atoms with van der Waals surface area (Å²) in [7, 11) is 0. The summed E-state index contributed by atoms with van der Waals surface area (Å²) in [5.74, 6) is 0.0191. The summed E-state index contributed by atoms with van der Waals surface area (Å²) in [5.41, 5.74) is 5.14. The number of carbonyl (C=O) groups is 1. The summed E-state index contributed by atoms with van der Waals surface area (Å²) in [6, 6.07) is 14.2. The molecule has 0 saturated heterocycles. The highest BCUT2D eigenvalue weighted by molar-refractivity contribution is 6.14. The molecule has 1 heterocycles. The molecule has 104 valence electrons. The number of hydrogen-bond donors (Lipinski definition) is 1. The van der Waals surface area contributed by atoms with Crippen LogP contribution in [-0.4, -0.2) is 10.8 Å². The van der Waals surface area contributed by atoms with E-state index in [1.54, 1.807) is 12.3 Å². The van der Waals surface area contributed by atoms with Crippen molar-refractivity contribution in [2.75, 3.05) is 0 Å². The van der Waals surface area contributed by atoms with Crippen molar-refractivity contribution in [2.24, 2.45) is 0 Å². The number of H-pyrrole nitrogens is 1. The maximum atomic E-state index is 12.3. The van der Waals surface area contributed by atoms with E-state index in [1.807, 2.05) is 56.3 Å². The second-order valence-electron chi connectivity index (χ2n) is 5.36. The van der Waals surface area contributed by atoms with Gasteiger partial charge in [0.05, 0.1) is 0 Å². The lowest BCUT2D eigenvalue weighted by atomic mass is 10.1. The molecule has 0 aliphatic carbocycles. The molecule has 0 fully saturated rings. The fraction of sp³-hybridized carbons (Fsp3) is 0.105. The van der Waals surface area contributed by atoms with Gasteiger partial charge in [-0.25, -0.2) is 0 Å². The number of carbonyl (C=O) groups excluding carboxylic acids is 1. The van der Waals surface area contributed by atoms with Crippen molar-refractivity contribution in [1.82, 2.24) is 4.98 Å². The van der Waals surface area contributed by atoms with Gasteiger partial charge >= 0.3 is 0 Å². The Morgan fingerprint density at radius 3 is 2.48 bits per heavy atom. The van der Waals surface area contributed by atoms with Crippen molar-refractivity contribution in [3.8, 4) is 0 Å². The first kappa shape index (κ1) is 13.4. The summed E-state index contributed by atoms with van der Waals surface area (Å²) < 4.78 is 0. The van der Waals surface area contributed by atoms with Gasteiger partial charge in [-0.3, -0.25) is 4.79 Å². The normalized spacial score (nSPS) is 11.3. The Morgan fingerprint density at radius 1 is 1.00 bits per heavy atom. The first-order valence-electron chi connectivity index (χ1n) is 7.00. The molecule has 2 heteroatoms. The lowest BCUT2D eigenvalue weighted by Crippen LogP contribution is -1.92. The van der Waals surface area contributed by atoms with E-state index in [-0.39, 0.29) is 5.78 Å². The van der Waals surface area contributed by atoms with Crippen LogP contribution in [0.15, 0.2) is 54.7 Å². The van der Waals surface area contributed by atoms with Crippen molar-refractivity contribution >= 4 is 22.8 Å². The second-order valence-corrected chi connectivity index (χ2v) is 5.36. The fourth-order valence-electron chi connectivity index (χ4n) is 2.38. The van der Waals surface area contributed by atoms with Gasteiger partial charge in [-0.1, -0.05) is 48.0 Å². The van der Waals surface area contributed by atoms with E-state index < -0.39 is 0 Å². The van der Waals surface area contributed by atoms with Gasteiger partial charge in [0.15, 0.2) is 5.78 Å². The molecule has 2 nitrogen and oxygen atoms in total. The molecular formula is C19H17NO. The molecule has 1 aromatic heterocycles. The molecule has 3 rings (SSSR count). The Morgan fingerprint density at radius 2 is 1.71 bits per heavy atom. The number of nitrogens with one attached hydrogen (secondary N) is 1. The number of aromatic nitrogens is 1. The average Bonchev–Trinajstić information content (AvgIpc) is 2.89. The summed E-state index contributed by atoms with van der Waals surface area (Å²) in [5, 5.41) is 0.971. The van der Waals surface area contributed by atoms with E-state index in [1.165, 1.54) is 11.1 Å². The van der Waals surface area contributed by atoms with E-state index in [2.05, 4.69) is 11.1 Å². The van der Waals surface area contributed by atoms with E-state index >= 15 is 0 Å². The maximum Gasteiger partial charge on any atom is 0.187 e. The van der Waals surface area contributed by atoms with Crippen LogP contribution in [0.1, 0.15) is 27.0 Å². The zero-order valence-corrected chi connectivity index (χ0v) is 12.2. The number of aromatic amines is 1. The summed E-state index contributed by atoms with van der Waals surface area (Å²) in [6.45, 7) is 4.09. The quantitative estimate of drug-likeness (QED) is 0.546. The average molecular weight is 275 g/mol. The topological polar surface area (TPSA) is 32.9 Å². The molecule has 0 aliphatic rings. The Labute approximate surface area is 124 Å². The SMILES string of the molecule is Cc1ccc(/C=C/C(=O)c2c[nH]c3cc(C)ccc23)cc1. The fourth-order valence-corrected chi connectivity index (χ4v) is 2.38. The van der Waals surface area contributed by atoms with Gasteiger partial charge in [0.25, 0.3) is 0 Å². The van der Waals surface area contributed by atoms with Gasteiger partial charge in [-0.15, -0.1) is 0 Å². The Kier molecular flexibility index (Phi) is 3.44. The number of hydrogen-bond acceptors (Lipinski definition) is 1. The molecule has 3 aromatic rings. The number of aryl methyl sites for hydroxylation is 2. The van der Waals surface area contributed by atoms with Crippen molar-refractivity contribution in [2.45, 2.75) is 13.8 Å². The Bertz CT molecular complexity index is 822. The Balaban J connectivity index is 1.88. The first-order chi connectivity index (χ1) is 10.1. The second kappa shape index (κ2) is 5.41. The number of ketones is 1. The molecule has 0 unspecified atom stereocenters. The van der Waals surface area contributed by atoms with Crippen LogP contribution in [0, 0.1) is 13.8 Å². The third-order valence-corrected chi connectivity index (χ3v) is 3.61. The number of allylic oxidation sites excluding steroid dienone is 1. The van der Waals surface area contributed by atoms with Crippen LogP contribution >= 0.6 is 0 Å². The van der Waals surface area contributed by atoms with E-state index in [0.29, 0.717) is 5.56 Å². The predicted octanol–water partition coefficient (Wildman–Crippen LogP) is 4.68. The zero-order valence-electron chi connectivity index (χ0n) is 12.2. The zero-order chi connectivity index (χ0) is 14.8. The van der Waals surface area contributed by atoms with Crippen LogP contribution in [-0.2, 0) is 0 Å². The van der Waals surface area contributed by atoms with Gasteiger partial charge in [-0.05, 0) is 37.1 Å². The molecule has 0 saturated carbocycles. The standard InChI is InChI=1S/C19H17NO/c1-13-3-6-15(7-4-13)8-10-19(21)17-12-20-18-11-14(2)5-9-16(17)18/h3-12,20H,1-2H3/b10-8+. The highest BCUT2D eigenvalue weighted by atomic mass is 16.1. The monoisotopic (exact) mass is 275 g/mol. The van der Waals surface area contributed by atoms with Crippen molar-refractivity contribution in [1.29, 1.82) is 0 Å². The summed E-state index contributed by atoms with van der Waals surface area (Å²) in [6.07, 6.45) is 5.27. The van der Waals surface area contributed by atoms with Crippen molar-refractivity contribution in [3.05, 3.63) is 77.0 Å². The van der Waals surface area contributed by atoms with Crippen LogP contribution in [0.4, 0.5) is 0 Å². The van der Waals surface area contributed by atoms with Gasteiger partial charge in [0.2, 0.25) is 0 Å². The van der Waals surface area contributed by atoms with Gasteiger partial charge < -0.3 is 4.98 Å². The van der Waals surface area contributed by atoms with Gasteiger partial charge in [0.1, 0.15) is 0 Å². The summed E-state index contributed by atoms with van der Waals surface area (Å²) in [4.78, 5) is 15.5. The first-order valence-corrected chi connectivity index (χ1v) is 7.00. The molecule has 2 aromatic carbocycles. The number of fused-ring (bicyclic) bond motifs is 1. The highest BCUT2D eigenvalue weighted by Crippen LogP contribution is 2.20. The van der Waals surface area contributed by atoms with Crippen LogP contribution in [0.3, 0.4) is 0 Å². The molecule has 0 aliphatic heterocycles. The maximum absolute atomic E-state index is 12.3. The minimum Gasteiger partial charge on any atom is -0.360 e. The molecule has 0 amide bonds. The van der Waals surface area contributed by atoms with E-state index in [4.69, 9.17) is 0 Å². The van der Waals surface area contributed by atoms with E-state index in [9.17, 15) is 4.79 Å². The van der Waals surface area contributed by atoms with Crippen LogP contribution in [0.25, 0.3) is 17.0 Å². The third kappa shape index (κ3) is 2.79. The summed E-state index contributed by atoms with van der Waals surface area (Å²) >= 11 is 0. The Hall–Kier alpha value is -2.61. The highest BCUT2D eigenvalue weighted by Gasteiger charge is 2.09. The van der Waals surface area contributed by atoms with Crippen molar-refractivity contribution in [3.63, 3.8) is 0 Å². The lowest BCUT2D eigenvalue weighted by molar-refractivity contribution is 0.104.